The molecule has 0 aliphatic carbocycles. The molecule has 23 heavy (non-hydrogen) atoms. The first-order chi connectivity index (χ1) is 10.6. The molecule has 1 aromatic carbocycles. The van der Waals surface area contributed by atoms with Crippen LogP contribution in [0.1, 0.15) is 39.7 Å². The van der Waals surface area contributed by atoms with Crippen LogP contribution in [0, 0.1) is 17.5 Å². The van der Waals surface area contributed by atoms with Crippen molar-refractivity contribution in [1.82, 2.24) is 10.6 Å². The molecule has 1 aromatic rings. The molecule has 4 nitrogen and oxygen atoms in total. The highest BCUT2D eigenvalue weighted by Gasteiger charge is 2.17. The van der Waals surface area contributed by atoms with Crippen molar-refractivity contribution in [1.29, 1.82) is 0 Å². The zero-order chi connectivity index (χ0) is 17.6. The molecule has 1 unspecified atom stereocenters. The van der Waals surface area contributed by atoms with E-state index in [1.807, 2.05) is 6.92 Å². The summed E-state index contributed by atoms with van der Waals surface area (Å²) in [4.78, 5) is 11.6. The zero-order valence-electron chi connectivity index (χ0n) is 13.8. The van der Waals surface area contributed by atoms with E-state index in [0.717, 1.165) is 6.07 Å². The van der Waals surface area contributed by atoms with E-state index in [4.69, 9.17) is 4.74 Å². The molecule has 0 aromatic heterocycles. The van der Waals surface area contributed by atoms with Crippen LogP contribution >= 0.6 is 0 Å². The average molecular weight is 332 g/mol. The molecule has 0 bridgehead atoms. The number of alkyl carbamates (subject to hydrolysis) is 1. The summed E-state index contributed by atoms with van der Waals surface area (Å²) in [7, 11) is 0. The van der Waals surface area contributed by atoms with Gasteiger partial charge < -0.3 is 15.4 Å². The van der Waals surface area contributed by atoms with E-state index < -0.39 is 29.1 Å². The first kappa shape index (κ1) is 19.3. The van der Waals surface area contributed by atoms with Crippen LogP contribution in [0.5, 0.6) is 0 Å². The maximum Gasteiger partial charge on any atom is 0.407 e. The van der Waals surface area contributed by atoms with E-state index >= 15 is 0 Å². The van der Waals surface area contributed by atoms with Gasteiger partial charge in [0.05, 0.1) is 0 Å². The molecule has 1 amide bonds. The Kier molecular flexibility index (Phi) is 6.87. The summed E-state index contributed by atoms with van der Waals surface area (Å²) in [5.74, 6) is -3.13. The van der Waals surface area contributed by atoms with Crippen LogP contribution < -0.4 is 10.6 Å². The lowest BCUT2D eigenvalue weighted by Crippen LogP contribution is -2.42. The zero-order valence-corrected chi connectivity index (χ0v) is 13.8. The molecule has 0 saturated heterocycles. The summed E-state index contributed by atoms with van der Waals surface area (Å²) in [6.45, 7) is 7.46. The van der Waals surface area contributed by atoms with Gasteiger partial charge in [-0.1, -0.05) is 6.92 Å². The molecular formula is C16H23F3N2O2. The molecule has 130 valence electrons. The van der Waals surface area contributed by atoms with Gasteiger partial charge in [-0.2, -0.15) is 0 Å². The molecule has 0 heterocycles. The first-order valence-corrected chi connectivity index (χ1v) is 7.46. The first-order valence-electron chi connectivity index (χ1n) is 7.46. The molecule has 0 aliphatic heterocycles. The molecule has 0 saturated carbocycles. The average Bonchev–Trinajstić information content (AvgIpc) is 2.42. The predicted molar refractivity (Wildman–Crippen MR) is 81.5 cm³/mol. The van der Waals surface area contributed by atoms with E-state index in [2.05, 4.69) is 10.6 Å². The summed E-state index contributed by atoms with van der Waals surface area (Å²) < 4.78 is 44.7. The predicted octanol–water partition coefficient (Wildman–Crippen LogP) is 3.50. The lowest BCUT2D eigenvalue weighted by atomic mass is 10.1. The van der Waals surface area contributed by atoms with Crippen LogP contribution in [0.4, 0.5) is 18.0 Å². The SMILES string of the molecule is CCC(CNC(=O)OC(C)(C)C)NCc1cc(F)c(F)cc1F. The minimum absolute atomic E-state index is 0.0253. The summed E-state index contributed by atoms with van der Waals surface area (Å²) >= 11 is 0. The third-order valence-corrected chi connectivity index (χ3v) is 3.05. The van der Waals surface area contributed by atoms with Crippen LogP contribution in [-0.4, -0.2) is 24.3 Å². The Morgan fingerprint density at radius 2 is 1.78 bits per heavy atom. The van der Waals surface area contributed by atoms with Gasteiger partial charge in [0.15, 0.2) is 11.6 Å². The Morgan fingerprint density at radius 3 is 2.35 bits per heavy atom. The smallest absolute Gasteiger partial charge is 0.407 e. The van der Waals surface area contributed by atoms with E-state index in [1.165, 1.54) is 0 Å². The van der Waals surface area contributed by atoms with Crippen LogP contribution in [0.2, 0.25) is 0 Å². The van der Waals surface area contributed by atoms with Crippen LogP contribution in [0.25, 0.3) is 0 Å². The molecule has 2 N–H and O–H groups in total. The number of ether oxygens (including phenoxy) is 1. The second kappa shape index (κ2) is 8.19. The Bertz CT molecular complexity index is 545. The normalized spacial score (nSPS) is 12.8. The molecule has 1 atom stereocenters. The quantitative estimate of drug-likeness (QED) is 0.784. The van der Waals surface area contributed by atoms with Crippen LogP contribution in [0.3, 0.4) is 0 Å². The number of hydrogen-bond acceptors (Lipinski definition) is 3. The Labute approximate surface area is 134 Å². The number of nitrogens with one attached hydrogen (secondary N) is 2. The van der Waals surface area contributed by atoms with Crippen LogP contribution in [-0.2, 0) is 11.3 Å². The van der Waals surface area contributed by atoms with E-state index in [0.29, 0.717) is 12.5 Å². The van der Waals surface area contributed by atoms with Crippen molar-refractivity contribution in [3.8, 4) is 0 Å². The van der Waals surface area contributed by atoms with E-state index in [1.54, 1.807) is 20.8 Å². The number of carbonyl (C=O) groups is 1. The fraction of sp³-hybridized carbons (Fsp3) is 0.562. The minimum Gasteiger partial charge on any atom is -0.444 e. The lowest BCUT2D eigenvalue weighted by Gasteiger charge is -2.22. The Balaban J connectivity index is 2.51. The van der Waals surface area contributed by atoms with Gasteiger partial charge in [-0.3, -0.25) is 0 Å². The third kappa shape index (κ3) is 6.90. The van der Waals surface area contributed by atoms with Crippen molar-refractivity contribution in [2.45, 2.75) is 52.3 Å². The topological polar surface area (TPSA) is 50.4 Å². The fourth-order valence-corrected chi connectivity index (χ4v) is 1.84. The maximum atomic E-state index is 13.5. The molecular weight excluding hydrogens is 309 g/mol. The van der Waals surface area contributed by atoms with Crippen molar-refractivity contribution in [2.75, 3.05) is 6.54 Å². The molecule has 0 radical (unpaired) electrons. The molecule has 7 heteroatoms. The largest absolute Gasteiger partial charge is 0.444 e. The summed E-state index contributed by atoms with van der Waals surface area (Å²) in [6.07, 6.45) is 0.109. The summed E-state index contributed by atoms with van der Waals surface area (Å²) in [5, 5.41) is 5.60. The van der Waals surface area contributed by atoms with Gasteiger partial charge in [0.1, 0.15) is 11.4 Å². The highest BCUT2D eigenvalue weighted by molar-refractivity contribution is 5.67. The Hall–Kier alpha value is -1.76. The van der Waals surface area contributed by atoms with Gasteiger partial charge >= 0.3 is 6.09 Å². The van der Waals surface area contributed by atoms with Crippen molar-refractivity contribution in [2.24, 2.45) is 0 Å². The third-order valence-electron chi connectivity index (χ3n) is 3.05. The molecule has 0 fully saturated rings. The van der Waals surface area contributed by atoms with Gasteiger partial charge in [-0.25, -0.2) is 18.0 Å². The second-order valence-electron chi connectivity index (χ2n) is 6.23. The monoisotopic (exact) mass is 332 g/mol. The highest BCUT2D eigenvalue weighted by atomic mass is 19.2. The maximum absolute atomic E-state index is 13.5. The number of halogens is 3. The number of amides is 1. The van der Waals surface area contributed by atoms with Gasteiger partial charge in [-0.05, 0) is 33.3 Å². The number of benzene rings is 1. The minimum atomic E-state index is -1.22. The number of carbonyl (C=O) groups excluding carboxylic acids is 1. The standard InChI is InChI=1S/C16H23F3N2O2/c1-5-11(9-21-15(22)23-16(2,3)4)20-8-10-6-13(18)14(19)7-12(10)17/h6-7,11,20H,5,8-9H2,1-4H3,(H,21,22). The summed E-state index contributed by atoms with van der Waals surface area (Å²) in [6, 6.07) is 1.19. The van der Waals surface area contributed by atoms with Gasteiger partial charge in [0.25, 0.3) is 0 Å². The van der Waals surface area contributed by atoms with Crippen LogP contribution in [0.15, 0.2) is 12.1 Å². The van der Waals surface area contributed by atoms with Crippen molar-refractivity contribution in [3.63, 3.8) is 0 Å². The van der Waals surface area contributed by atoms with Gasteiger partial charge in [0.2, 0.25) is 0 Å². The van der Waals surface area contributed by atoms with Crippen molar-refractivity contribution < 1.29 is 22.7 Å². The van der Waals surface area contributed by atoms with Crippen molar-refractivity contribution >= 4 is 6.09 Å². The highest BCUT2D eigenvalue weighted by Crippen LogP contribution is 2.14. The lowest BCUT2D eigenvalue weighted by molar-refractivity contribution is 0.0522. The fourth-order valence-electron chi connectivity index (χ4n) is 1.84. The second-order valence-corrected chi connectivity index (χ2v) is 6.23. The Morgan fingerprint density at radius 1 is 1.17 bits per heavy atom. The summed E-state index contributed by atoms with van der Waals surface area (Å²) in [5.41, 5.74) is -0.562. The number of rotatable bonds is 6. The molecule has 1 rings (SSSR count). The van der Waals surface area contributed by atoms with E-state index in [-0.39, 0.29) is 24.7 Å². The van der Waals surface area contributed by atoms with Gasteiger partial charge in [-0.15, -0.1) is 0 Å². The number of hydrogen-bond donors (Lipinski definition) is 2. The van der Waals surface area contributed by atoms with Gasteiger partial charge in [0, 0.05) is 30.8 Å². The van der Waals surface area contributed by atoms with E-state index in [9.17, 15) is 18.0 Å². The van der Waals surface area contributed by atoms with Crippen molar-refractivity contribution in [3.05, 3.63) is 35.1 Å². The molecule has 0 spiro atoms. The molecule has 0 aliphatic rings.